The van der Waals surface area contributed by atoms with Gasteiger partial charge in [-0.2, -0.15) is 0 Å². The van der Waals surface area contributed by atoms with E-state index in [1.165, 1.54) is 5.57 Å². The first-order valence-electron chi connectivity index (χ1n) is 7.82. The van der Waals surface area contributed by atoms with Gasteiger partial charge in [-0.25, -0.2) is 0 Å². The number of benzene rings is 1. The SMILES string of the molecule is Cc1ccc(C)c(C(=O)CCC(=O)NCC2=CCNCC2)c1. The van der Waals surface area contributed by atoms with Crippen molar-refractivity contribution in [1.82, 2.24) is 10.6 Å². The number of rotatable bonds is 6. The second-order valence-corrected chi connectivity index (χ2v) is 5.83. The van der Waals surface area contributed by atoms with E-state index in [1.807, 2.05) is 32.0 Å². The van der Waals surface area contributed by atoms with Gasteiger partial charge < -0.3 is 10.6 Å². The summed E-state index contributed by atoms with van der Waals surface area (Å²) in [6.45, 7) is 6.33. The highest BCUT2D eigenvalue weighted by Crippen LogP contribution is 2.14. The van der Waals surface area contributed by atoms with Crippen LogP contribution < -0.4 is 10.6 Å². The van der Waals surface area contributed by atoms with Gasteiger partial charge in [0.25, 0.3) is 0 Å². The van der Waals surface area contributed by atoms with Crippen molar-refractivity contribution in [2.75, 3.05) is 19.6 Å². The van der Waals surface area contributed by atoms with Crippen LogP contribution in [0.15, 0.2) is 29.8 Å². The van der Waals surface area contributed by atoms with E-state index in [2.05, 4.69) is 16.7 Å². The van der Waals surface area contributed by atoms with E-state index >= 15 is 0 Å². The molecular weight excluding hydrogens is 276 g/mol. The lowest BCUT2D eigenvalue weighted by molar-refractivity contribution is -0.120. The first-order valence-corrected chi connectivity index (χ1v) is 7.82. The molecule has 0 aromatic heterocycles. The van der Waals surface area contributed by atoms with Gasteiger partial charge in [0.2, 0.25) is 5.91 Å². The van der Waals surface area contributed by atoms with Gasteiger partial charge in [-0.1, -0.05) is 29.3 Å². The third-order valence-electron chi connectivity index (χ3n) is 3.94. The lowest BCUT2D eigenvalue weighted by atomic mass is 9.99. The molecule has 22 heavy (non-hydrogen) atoms. The van der Waals surface area contributed by atoms with Gasteiger partial charge in [0.1, 0.15) is 0 Å². The summed E-state index contributed by atoms with van der Waals surface area (Å²) in [6, 6.07) is 5.84. The first kappa shape index (κ1) is 16.4. The zero-order valence-corrected chi connectivity index (χ0v) is 13.4. The monoisotopic (exact) mass is 300 g/mol. The summed E-state index contributed by atoms with van der Waals surface area (Å²) in [5, 5.41) is 6.13. The smallest absolute Gasteiger partial charge is 0.220 e. The van der Waals surface area contributed by atoms with Crippen molar-refractivity contribution in [2.24, 2.45) is 0 Å². The summed E-state index contributed by atoms with van der Waals surface area (Å²) in [4.78, 5) is 24.1. The molecule has 0 aliphatic carbocycles. The Bertz CT molecular complexity index is 591. The van der Waals surface area contributed by atoms with Crippen molar-refractivity contribution < 1.29 is 9.59 Å². The highest BCUT2D eigenvalue weighted by atomic mass is 16.2. The van der Waals surface area contributed by atoms with Crippen LogP contribution in [0.5, 0.6) is 0 Å². The van der Waals surface area contributed by atoms with Gasteiger partial charge in [-0.15, -0.1) is 0 Å². The Labute approximate surface area is 132 Å². The highest BCUT2D eigenvalue weighted by molar-refractivity contribution is 5.99. The Hall–Kier alpha value is -1.94. The average molecular weight is 300 g/mol. The summed E-state index contributed by atoms with van der Waals surface area (Å²) in [5.74, 6) is -0.0180. The van der Waals surface area contributed by atoms with E-state index in [4.69, 9.17) is 0 Å². The second-order valence-electron chi connectivity index (χ2n) is 5.83. The van der Waals surface area contributed by atoms with Crippen molar-refractivity contribution in [3.05, 3.63) is 46.5 Å². The van der Waals surface area contributed by atoms with Gasteiger partial charge in [-0.3, -0.25) is 9.59 Å². The quantitative estimate of drug-likeness (QED) is 0.626. The fourth-order valence-corrected chi connectivity index (χ4v) is 2.53. The molecule has 0 fully saturated rings. The van der Waals surface area contributed by atoms with E-state index in [0.717, 1.165) is 36.2 Å². The molecule has 118 valence electrons. The first-order chi connectivity index (χ1) is 10.6. The number of hydrogen-bond donors (Lipinski definition) is 2. The number of Topliss-reactive ketones (excluding diaryl/α,β-unsaturated/α-hetero) is 1. The van der Waals surface area contributed by atoms with E-state index < -0.39 is 0 Å². The minimum Gasteiger partial charge on any atom is -0.352 e. The molecule has 0 saturated heterocycles. The second kappa shape index (κ2) is 7.90. The van der Waals surface area contributed by atoms with Crippen molar-refractivity contribution in [2.45, 2.75) is 33.1 Å². The molecule has 4 heteroatoms. The van der Waals surface area contributed by atoms with Crippen molar-refractivity contribution in [3.8, 4) is 0 Å². The highest BCUT2D eigenvalue weighted by Gasteiger charge is 2.12. The number of amides is 1. The zero-order chi connectivity index (χ0) is 15.9. The molecule has 0 bridgehead atoms. The number of ketones is 1. The number of carbonyl (C=O) groups is 2. The van der Waals surface area contributed by atoms with Crippen molar-refractivity contribution in [1.29, 1.82) is 0 Å². The minimum absolute atomic E-state index is 0.0393. The maximum absolute atomic E-state index is 12.2. The van der Waals surface area contributed by atoms with Crippen LogP contribution in [-0.4, -0.2) is 31.3 Å². The van der Waals surface area contributed by atoms with Crippen LogP contribution in [0.3, 0.4) is 0 Å². The predicted octanol–water partition coefficient (Wildman–Crippen LogP) is 2.30. The fourth-order valence-electron chi connectivity index (χ4n) is 2.53. The fraction of sp³-hybridized carbons (Fsp3) is 0.444. The van der Waals surface area contributed by atoms with Crippen LogP contribution in [0.2, 0.25) is 0 Å². The van der Waals surface area contributed by atoms with Crippen molar-refractivity contribution in [3.63, 3.8) is 0 Å². The Kier molecular flexibility index (Phi) is 5.90. The van der Waals surface area contributed by atoms with Gasteiger partial charge >= 0.3 is 0 Å². The number of carbonyl (C=O) groups excluding carboxylic acids is 2. The van der Waals surface area contributed by atoms with Gasteiger partial charge in [0.15, 0.2) is 5.78 Å². The van der Waals surface area contributed by atoms with Crippen LogP contribution >= 0.6 is 0 Å². The Balaban J connectivity index is 1.79. The third kappa shape index (κ3) is 4.81. The molecule has 0 atom stereocenters. The topological polar surface area (TPSA) is 58.2 Å². The molecule has 0 spiro atoms. The molecule has 1 aliphatic rings. The van der Waals surface area contributed by atoms with E-state index in [-0.39, 0.29) is 24.5 Å². The number of hydrogen-bond acceptors (Lipinski definition) is 3. The van der Waals surface area contributed by atoms with Crippen LogP contribution in [0.25, 0.3) is 0 Å². The molecule has 1 amide bonds. The van der Waals surface area contributed by atoms with E-state index in [1.54, 1.807) is 0 Å². The van der Waals surface area contributed by atoms with Crippen molar-refractivity contribution >= 4 is 11.7 Å². The summed E-state index contributed by atoms with van der Waals surface area (Å²) in [6.07, 6.45) is 3.60. The lowest BCUT2D eigenvalue weighted by Crippen LogP contribution is -2.29. The van der Waals surface area contributed by atoms with Crippen LogP contribution in [0, 0.1) is 13.8 Å². The van der Waals surface area contributed by atoms with E-state index in [9.17, 15) is 9.59 Å². The molecule has 2 N–H and O–H groups in total. The molecule has 1 aliphatic heterocycles. The van der Waals surface area contributed by atoms with Crippen LogP contribution in [0.4, 0.5) is 0 Å². The number of nitrogens with one attached hydrogen (secondary N) is 2. The van der Waals surface area contributed by atoms with E-state index in [0.29, 0.717) is 6.54 Å². The molecule has 0 unspecified atom stereocenters. The molecule has 0 saturated carbocycles. The molecule has 0 radical (unpaired) electrons. The van der Waals surface area contributed by atoms with Gasteiger partial charge in [0, 0.05) is 31.5 Å². The summed E-state index contributed by atoms with van der Waals surface area (Å²) in [7, 11) is 0. The largest absolute Gasteiger partial charge is 0.352 e. The summed E-state index contributed by atoms with van der Waals surface area (Å²) < 4.78 is 0. The zero-order valence-electron chi connectivity index (χ0n) is 13.4. The van der Waals surface area contributed by atoms with Crippen LogP contribution in [-0.2, 0) is 4.79 Å². The third-order valence-corrected chi connectivity index (χ3v) is 3.94. The number of aryl methyl sites for hydroxylation is 2. The average Bonchev–Trinajstić information content (AvgIpc) is 2.54. The maximum atomic E-state index is 12.2. The Morgan fingerprint density at radius 1 is 1.23 bits per heavy atom. The van der Waals surface area contributed by atoms with Gasteiger partial charge in [-0.05, 0) is 38.4 Å². The molecule has 2 rings (SSSR count). The Morgan fingerprint density at radius 2 is 2.05 bits per heavy atom. The molecule has 1 heterocycles. The van der Waals surface area contributed by atoms with Gasteiger partial charge in [0.05, 0.1) is 0 Å². The maximum Gasteiger partial charge on any atom is 0.220 e. The molecule has 4 nitrogen and oxygen atoms in total. The lowest BCUT2D eigenvalue weighted by Gasteiger charge is -2.14. The normalized spacial score (nSPS) is 14.4. The van der Waals surface area contributed by atoms with Crippen LogP contribution in [0.1, 0.15) is 40.7 Å². The molecule has 1 aromatic carbocycles. The standard InChI is InChI=1S/C18H24N2O2/c1-13-3-4-14(2)16(11-13)17(21)5-6-18(22)20-12-15-7-9-19-10-8-15/h3-4,7,11,19H,5-6,8-10,12H2,1-2H3,(H,20,22). The summed E-state index contributed by atoms with van der Waals surface area (Å²) in [5.41, 5.74) is 4.02. The minimum atomic E-state index is -0.0573. The molecular formula is C18H24N2O2. The Morgan fingerprint density at radius 3 is 2.77 bits per heavy atom. The predicted molar refractivity (Wildman–Crippen MR) is 88.1 cm³/mol. The summed E-state index contributed by atoms with van der Waals surface area (Å²) >= 11 is 0. The molecule has 1 aromatic rings.